The molecule has 0 aromatic heterocycles. The van der Waals surface area contributed by atoms with E-state index >= 15 is 0 Å². The average Bonchev–Trinajstić information content (AvgIpc) is 2.36. The normalized spacial score (nSPS) is 10.3. The van der Waals surface area contributed by atoms with Gasteiger partial charge in [-0.25, -0.2) is 0 Å². The van der Waals surface area contributed by atoms with Gasteiger partial charge in [0.2, 0.25) is 11.8 Å². The molecule has 0 saturated carbocycles. The fourth-order valence-corrected chi connectivity index (χ4v) is 1.57. The molecule has 6 heteroatoms. The minimum atomic E-state index is -0.480. The lowest BCUT2D eigenvalue weighted by Crippen LogP contribution is -2.46. The first-order valence-corrected chi connectivity index (χ1v) is 5.79. The van der Waals surface area contributed by atoms with Gasteiger partial charge in [-0.2, -0.15) is 0 Å². The Bertz CT molecular complexity index is 421. The first-order valence-electron chi connectivity index (χ1n) is 5.79. The summed E-state index contributed by atoms with van der Waals surface area (Å²) in [5.74, 6) is -0.590. The molecule has 0 fully saturated rings. The van der Waals surface area contributed by atoms with E-state index in [1.807, 2.05) is 44.2 Å². The molecule has 1 rings (SSSR count). The first-order chi connectivity index (χ1) is 8.45. The number of nitrogens with two attached hydrogens (primary N) is 1. The molecule has 1 aromatic rings. The zero-order valence-corrected chi connectivity index (χ0v) is 11.9. The molecule has 0 atom stereocenters. The van der Waals surface area contributed by atoms with E-state index in [-0.39, 0.29) is 37.3 Å². The van der Waals surface area contributed by atoms with Gasteiger partial charge in [0.05, 0.1) is 18.6 Å². The van der Waals surface area contributed by atoms with Crippen LogP contribution in [-0.2, 0) is 15.1 Å². The Morgan fingerprint density at radius 2 is 1.74 bits per heavy atom. The fourth-order valence-electron chi connectivity index (χ4n) is 1.57. The lowest BCUT2D eigenvalue weighted by Gasteiger charge is -2.27. The van der Waals surface area contributed by atoms with E-state index in [1.165, 1.54) is 0 Å². The summed E-state index contributed by atoms with van der Waals surface area (Å²) in [5.41, 5.74) is 5.66. The second-order valence-electron chi connectivity index (χ2n) is 4.52. The zero-order valence-electron chi connectivity index (χ0n) is 11.1. The third-order valence-corrected chi connectivity index (χ3v) is 2.58. The largest absolute Gasteiger partial charge is 0.346 e. The summed E-state index contributed by atoms with van der Waals surface area (Å²) in [6, 6.07) is 9.64. The second kappa shape index (κ2) is 7.76. The fraction of sp³-hybridized carbons (Fsp3) is 0.385. The van der Waals surface area contributed by atoms with Gasteiger partial charge in [0.25, 0.3) is 0 Å². The topological polar surface area (TPSA) is 84.2 Å². The van der Waals surface area contributed by atoms with Gasteiger partial charge in [-0.3, -0.25) is 9.59 Å². The van der Waals surface area contributed by atoms with Gasteiger partial charge in [-0.1, -0.05) is 30.3 Å². The van der Waals surface area contributed by atoms with E-state index < -0.39 is 5.54 Å². The van der Waals surface area contributed by atoms with E-state index in [2.05, 4.69) is 10.6 Å². The standard InChI is InChI=1S/C13H19N3O2.ClH/c1-13(2,10-6-4-3-5-7-10)16-12(18)9-15-11(17)8-14;/h3-7H,8-9,14H2,1-2H3,(H,15,17)(H,16,18);1H. The van der Waals surface area contributed by atoms with Crippen molar-refractivity contribution in [2.75, 3.05) is 13.1 Å². The second-order valence-corrected chi connectivity index (χ2v) is 4.52. The van der Waals surface area contributed by atoms with Gasteiger partial charge < -0.3 is 16.4 Å². The predicted octanol–water partition coefficient (Wildman–Crippen LogP) is 0.535. The van der Waals surface area contributed by atoms with Crippen molar-refractivity contribution in [2.24, 2.45) is 5.73 Å². The van der Waals surface area contributed by atoms with Crippen molar-refractivity contribution in [3.05, 3.63) is 35.9 Å². The highest BCUT2D eigenvalue weighted by atomic mass is 35.5. The molecule has 0 aliphatic rings. The molecule has 0 heterocycles. The van der Waals surface area contributed by atoms with Crippen LogP contribution in [0.15, 0.2) is 30.3 Å². The SMILES string of the molecule is CC(C)(NC(=O)CNC(=O)CN)c1ccccc1.Cl. The van der Waals surface area contributed by atoms with Crippen LogP contribution >= 0.6 is 12.4 Å². The molecule has 106 valence electrons. The number of benzene rings is 1. The average molecular weight is 286 g/mol. The highest BCUT2D eigenvalue weighted by Gasteiger charge is 2.22. The van der Waals surface area contributed by atoms with Crippen LogP contribution in [0.25, 0.3) is 0 Å². The quantitative estimate of drug-likeness (QED) is 0.738. The number of carbonyl (C=O) groups excluding carboxylic acids is 2. The monoisotopic (exact) mass is 285 g/mol. The number of hydrogen-bond donors (Lipinski definition) is 3. The molecule has 0 saturated heterocycles. The number of halogens is 1. The Morgan fingerprint density at radius 1 is 1.16 bits per heavy atom. The maximum absolute atomic E-state index is 11.7. The van der Waals surface area contributed by atoms with Crippen molar-refractivity contribution in [1.29, 1.82) is 0 Å². The van der Waals surface area contributed by atoms with Gasteiger partial charge in [-0.05, 0) is 19.4 Å². The minimum Gasteiger partial charge on any atom is -0.346 e. The summed E-state index contributed by atoms with van der Waals surface area (Å²) in [4.78, 5) is 22.6. The Labute approximate surface area is 119 Å². The van der Waals surface area contributed by atoms with E-state index in [4.69, 9.17) is 5.73 Å². The van der Waals surface area contributed by atoms with Gasteiger partial charge in [0.1, 0.15) is 0 Å². The van der Waals surface area contributed by atoms with Crippen LogP contribution in [0.5, 0.6) is 0 Å². The summed E-state index contributed by atoms with van der Waals surface area (Å²) < 4.78 is 0. The maximum Gasteiger partial charge on any atom is 0.240 e. The van der Waals surface area contributed by atoms with Crippen LogP contribution in [0.2, 0.25) is 0 Å². The van der Waals surface area contributed by atoms with Crippen LogP contribution in [0.3, 0.4) is 0 Å². The number of carbonyl (C=O) groups is 2. The van der Waals surface area contributed by atoms with E-state index in [0.717, 1.165) is 5.56 Å². The highest BCUT2D eigenvalue weighted by Crippen LogP contribution is 2.18. The molecule has 0 radical (unpaired) electrons. The zero-order chi connectivity index (χ0) is 13.6. The first kappa shape index (κ1) is 17.4. The van der Waals surface area contributed by atoms with Gasteiger partial charge in [0, 0.05) is 0 Å². The van der Waals surface area contributed by atoms with Crippen molar-refractivity contribution in [2.45, 2.75) is 19.4 Å². The van der Waals surface area contributed by atoms with Crippen LogP contribution in [-0.4, -0.2) is 24.9 Å². The molecule has 4 N–H and O–H groups in total. The van der Waals surface area contributed by atoms with E-state index in [1.54, 1.807) is 0 Å². The molecular formula is C13H20ClN3O2. The molecule has 1 aromatic carbocycles. The van der Waals surface area contributed by atoms with Crippen molar-refractivity contribution in [1.82, 2.24) is 10.6 Å². The highest BCUT2D eigenvalue weighted by molar-refractivity contribution is 5.86. The Morgan fingerprint density at radius 3 is 2.26 bits per heavy atom. The lowest BCUT2D eigenvalue weighted by atomic mass is 9.94. The molecule has 19 heavy (non-hydrogen) atoms. The van der Waals surface area contributed by atoms with Crippen molar-refractivity contribution in [3.63, 3.8) is 0 Å². The molecule has 0 aliphatic heterocycles. The van der Waals surface area contributed by atoms with Gasteiger partial charge >= 0.3 is 0 Å². The minimum absolute atomic E-state index is 0. The van der Waals surface area contributed by atoms with Crippen LogP contribution in [0.1, 0.15) is 19.4 Å². The van der Waals surface area contributed by atoms with Crippen molar-refractivity contribution in [3.8, 4) is 0 Å². The number of amides is 2. The van der Waals surface area contributed by atoms with Crippen LogP contribution in [0, 0.1) is 0 Å². The predicted molar refractivity (Wildman–Crippen MR) is 76.9 cm³/mol. The van der Waals surface area contributed by atoms with E-state index in [9.17, 15) is 9.59 Å². The molecule has 0 spiro atoms. The summed E-state index contributed by atoms with van der Waals surface area (Å²) in [7, 11) is 0. The maximum atomic E-state index is 11.7. The molecule has 5 nitrogen and oxygen atoms in total. The van der Waals surface area contributed by atoms with Crippen LogP contribution in [0.4, 0.5) is 0 Å². The Balaban J connectivity index is 0.00000324. The number of nitrogens with one attached hydrogen (secondary N) is 2. The number of hydrogen-bond acceptors (Lipinski definition) is 3. The summed E-state index contributed by atoms with van der Waals surface area (Å²) >= 11 is 0. The lowest BCUT2D eigenvalue weighted by molar-refractivity contribution is -0.126. The summed E-state index contributed by atoms with van der Waals surface area (Å²) in [6.07, 6.45) is 0. The smallest absolute Gasteiger partial charge is 0.240 e. The molecule has 0 bridgehead atoms. The molecule has 0 unspecified atom stereocenters. The van der Waals surface area contributed by atoms with Gasteiger partial charge in [0.15, 0.2) is 0 Å². The van der Waals surface area contributed by atoms with Crippen molar-refractivity contribution < 1.29 is 9.59 Å². The number of rotatable bonds is 5. The van der Waals surface area contributed by atoms with E-state index in [0.29, 0.717) is 0 Å². The van der Waals surface area contributed by atoms with Crippen LogP contribution < -0.4 is 16.4 Å². The summed E-state index contributed by atoms with van der Waals surface area (Å²) in [5, 5.41) is 5.29. The third-order valence-electron chi connectivity index (χ3n) is 2.58. The molecular weight excluding hydrogens is 266 g/mol. The van der Waals surface area contributed by atoms with Gasteiger partial charge in [-0.15, -0.1) is 12.4 Å². The summed E-state index contributed by atoms with van der Waals surface area (Å²) in [6.45, 7) is 3.64. The third kappa shape index (κ3) is 5.72. The Kier molecular flexibility index (Phi) is 7.11. The molecule has 2 amide bonds. The molecule has 0 aliphatic carbocycles. The van der Waals surface area contributed by atoms with Crippen molar-refractivity contribution >= 4 is 24.2 Å². The Hall–Kier alpha value is -1.59.